The molecule has 10 nitrogen and oxygen atoms in total. The molecule has 0 saturated heterocycles. The van der Waals surface area contributed by atoms with Crippen molar-refractivity contribution in [2.45, 2.75) is 39.5 Å². The Labute approximate surface area is 186 Å². The summed E-state index contributed by atoms with van der Waals surface area (Å²) in [5, 5.41) is 12.6. The summed E-state index contributed by atoms with van der Waals surface area (Å²) in [6, 6.07) is 6.68. The predicted octanol–water partition coefficient (Wildman–Crippen LogP) is 3.76. The second kappa shape index (κ2) is 12.2. The van der Waals surface area contributed by atoms with Crippen molar-refractivity contribution in [2.75, 3.05) is 20.8 Å². The van der Waals surface area contributed by atoms with Crippen LogP contribution >= 0.6 is 0 Å². The molecule has 0 aliphatic heterocycles. The first-order valence-electron chi connectivity index (χ1n) is 10.0. The molecule has 1 heterocycles. The fourth-order valence-corrected chi connectivity index (χ4v) is 2.88. The van der Waals surface area contributed by atoms with Gasteiger partial charge in [0.15, 0.2) is 0 Å². The van der Waals surface area contributed by atoms with E-state index in [1.54, 1.807) is 38.1 Å². The molecule has 0 unspecified atom stereocenters. The van der Waals surface area contributed by atoms with E-state index in [0.29, 0.717) is 42.3 Å². The van der Waals surface area contributed by atoms with Crippen LogP contribution in [0.5, 0.6) is 17.6 Å². The summed E-state index contributed by atoms with van der Waals surface area (Å²) in [7, 11) is 2.69. The minimum atomic E-state index is -0.807. The Kier molecular flexibility index (Phi) is 9.40. The number of nitrogens with zero attached hydrogens (tertiary/aromatic N) is 3. The zero-order valence-electron chi connectivity index (χ0n) is 18.6. The smallest absolute Gasteiger partial charge is 0.342 e. The van der Waals surface area contributed by atoms with Gasteiger partial charge < -0.3 is 24.2 Å². The first-order valence-corrected chi connectivity index (χ1v) is 10.0. The van der Waals surface area contributed by atoms with Gasteiger partial charge in [-0.1, -0.05) is 17.3 Å². The topological polar surface area (TPSA) is 129 Å². The number of methoxy groups -OCH3 is 1. The van der Waals surface area contributed by atoms with Gasteiger partial charge in [0.25, 0.3) is 0 Å². The van der Waals surface area contributed by atoms with Crippen LogP contribution in [-0.2, 0) is 14.4 Å². The Morgan fingerprint density at radius 1 is 1.12 bits per heavy atom. The fraction of sp³-hybridized carbons (Fsp3) is 0.409. The van der Waals surface area contributed by atoms with Gasteiger partial charge in [0.1, 0.15) is 18.4 Å². The molecule has 32 heavy (non-hydrogen) atoms. The Morgan fingerprint density at radius 3 is 2.59 bits per heavy atom. The maximum absolute atomic E-state index is 12.5. The van der Waals surface area contributed by atoms with Crippen molar-refractivity contribution in [1.82, 2.24) is 9.97 Å². The van der Waals surface area contributed by atoms with Crippen molar-refractivity contribution < 1.29 is 33.7 Å². The quantitative estimate of drug-likeness (QED) is 0.225. The van der Waals surface area contributed by atoms with E-state index >= 15 is 0 Å². The molecule has 0 atom stereocenters. The van der Waals surface area contributed by atoms with Crippen molar-refractivity contribution in [1.29, 1.82) is 0 Å². The number of aromatic nitrogens is 2. The highest BCUT2D eigenvalue weighted by Gasteiger charge is 2.21. The molecule has 0 spiro atoms. The Morgan fingerprint density at radius 2 is 1.91 bits per heavy atom. The maximum atomic E-state index is 12.5. The molecule has 172 valence electrons. The number of carboxylic acid groups (broad SMARTS) is 1. The summed E-state index contributed by atoms with van der Waals surface area (Å²) < 4.78 is 16.4. The molecule has 1 N–H and O–H groups in total. The van der Waals surface area contributed by atoms with Gasteiger partial charge in [0.2, 0.25) is 5.88 Å². The SMILES string of the molecule is CON=C(C)c1cccc(Oc2nc(C)cc(OCCCCCC(=O)O)n2)c1C(=O)OC. The summed E-state index contributed by atoms with van der Waals surface area (Å²) in [4.78, 5) is 36.3. The molecule has 2 rings (SSSR count). The van der Waals surface area contributed by atoms with Gasteiger partial charge >= 0.3 is 17.9 Å². The van der Waals surface area contributed by atoms with Gasteiger partial charge in [0.05, 0.1) is 19.4 Å². The van der Waals surface area contributed by atoms with E-state index in [-0.39, 0.29) is 23.7 Å². The highest BCUT2D eigenvalue weighted by Crippen LogP contribution is 2.28. The monoisotopic (exact) mass is 445 g/mol. The average Bonchev–Trinajstić information content (AvgIpc) is 2.75. The third-order valence-corrected chi connectivity index (χ3v) is 4.33. The van der Waals surface area contributed by atoms with Gasteiger partial charge in [0, 0.05) is 23.7 Å². The first-order chi connectivity index (χ1) is 15.3. The molecule has 0 fully saturated rings. The van der Waals surface area contributed by atoms with Crippen molar-refractivity contribution in [2.24, 2.45) is 5.16 Å². The molecule has 0 aliphatic rings. The first kappa shape index (κ1) is 24.6. The van der Waals surface area contributed by atoms with Gasteiger partial charge in [-0.2, -0.15) is 9.97 Å². The number of carbonyl (C=O) groups excluding carboxylic acids is 1. The van der Waals surface area contributed by atoms with Gasteiger partial charge in [-0.25, -0.2) is 4.79 Å². The molecule has 0 saturated carbocycles. The average molecular weight is 445 g/mol. The number of aliphatic carboxylic acids is 1. The Bertz CT molecular complexity index is 976. The number of benzene rings is 1. The van der Waals surface area contributed by atoms with Crippen molar-refractivity contribution in [3.63, 3.8) is 0 Å². The Balaban J connectivity index is 2.20. The zero-order valence-corrected chi connectivity index (χ0v) is 18.6. The number of hydrogen-bond donors (Lipinski definition) is 1. The van der Waals surface area contributed by atoms with Crippen LogP contribution < -0.4 is 9.47 Å². The molecule has 1 aromatic heterocycles. The lowest BCUT2D eigenvalue weighted by Gasteiger charge is -2.13. The lowest BCUT2D eigenvalue weighted by Crippen LogP contribution is -2.12. The van der Waals surface area contributed by atoms with Crippen molar-refractivity contribution in [3.05, 3.63) is 41.1 Å². The standard InChI is InChI=1S/C22H27N3O7/c1-14-13-18(31-12-7-5-6-11-19(26)27)24-22(23-14)32-17-10-8-9-16(15(2)25-30-4)20(17)21(28)29-3/h8-10,13H,5-7,11-12H2,1-4H3,(H,26,27). The number of aryl methyl sites for hydroxylation is 1. The van der Waals surface area contributed by atoms with Crippen LogP contribution in [0.2, 0.25) is 0 Å². The molecule has 0 radical (unpaired) electrons. The van der Waals surface area contributed by atoms with E-state index in [4.69, 9.17) is 24.2 Å². The lowest BCUT2D eigenvalue weighted by atomic mass is 10.0. The third kappa shape index (κ3) is 7.22. The second-order valence-electron chi connectivity index (χ2n) is 6.81. The van der Waals surface area contributed by atoms with E-state index in [0.717, 1.165) is 6.42 Å². The molecule has 0 bridgehead atoms. The largest absolute Gasteiger partial charge is 0.481 e. The van der Waals surface area contributed by atoms with Crippen LogP contribution in [-0.4, -0.2) is 53.6 Å². The molecular weight excluding hydrogens is 418 g/mol. The fourth-order valence-electron chi connectivity index (χ4n) is 2.88. The van der Waals surface area contributed by atoms with Gasteiger partial charge in [-0.15, -0.1) is 0 Å². The normalized spacial score (nSPS) is 11.1. The van der Waals surface area contributed by atoms with Crippen LogP contribution in [0.15, 0.2) is 29.4 Å². The van der Waals surface area contributed by atoms with Crippen molar-refractivity contribution >= 4 is 17.7 Å². The summed E-state index contributed by atoms with van der Waals surface area (Å²) in [6.45, 7) is 3.84. The van der Waals surface area contributed by atoms with E-state index < -0.39 is 11.9 Å². The minimum absolute atomic E-state index is 0.00881. The number of carbonyl (C=O) groups is 2. The van der Waals surface area contributed by atoms with Crippen molar-refractivity contribution in [3.8, 4) is 17.6 Å². The maximum Gasteiger partial charge on any atom is 0.342 e. The second-order valence-corrected chi connectivity index (χ2v) is 6.81. The highest BCUT2D eigenvalue weighted by molar-refractivity contribution is 6.09. The van der Waals surface area contributed by atoms with Crippen LogP contribution in [0.4, 0.5) is 0 Å². The van der Waals surface area contributed by atoms with Gasteiger partial charge in [-0.3, -0.25) is 4.79 Å². The van der Waals surface area contributed by atoms with E-state index in [2.05, 4.69) is 15.1 Å². The summed E-state index contributed by atoms with van der Waals surface area (Å²) >= 11 is 0. The summed E-state index contributed by atoms with van der Waals surface area (Å²) in [5.74, 6) is -0.895. The van der Waals surface area contributed by atoms with E-state index in [9.17, 15) is 9.59 Å². The summed E-state index contributed by atoms with van der Waals surface area (Å²) in [5.41, 5.74) is 1.74. The molecule has 2 aromatic rings. The Hall–Kier alpha value is -3.69. The molecule has 0 amide bonds. The van der Waals surface area contributed by atoms with E-state index in [1.807, 2.05) is 0 Å². The number of esters is 1. The molecule has 10 heteroatoms. The molecular formula is C22H27N3O7. The lowest BCUT2D eigenvalue weighted by molar-refractivity contribution is -0.137. The number of hydrogen-bond acceptors (Lipinski definition) is 9. The number of carboxylic acids is 1. The molecule has 0 aliphatic carbocycles. The summed E-state index contributed by atoms with van der Waals surface area (Å²) in [6.07, 6.45) is 2.16. The number of unbranched alkanes of at least 4 members (excludes halogenated alkanes) is 2. The van der Waals surface area contributed by atoms with Crippen LogP contribution in [0, 0.1) is 6.92 Å². The van der Waals surface area contributed by atoms with E-state index in [1.165, 1.54) is 14.2 Å². The third-order valence-electron chi connectivity index (χ3n) is 4.33. The van der Waals surface area contributed by atoms with Crippen LogP contribution in [0.3, 0.4) is 0 Å². The number of rotatable bonds is 12. The predicted molar refractivity (Wildman–Crippen MR) is 115 cm³/mol. The van der Waals surface area contributed by atoms with Crippen LogP contribution in [0.25, 0.3) is 0 Å². The number of oxime groups is 1. The minimum Gasteiger partial charge on any atom is -0.481 e. The number of ether oxygens (including phenoxy) is 3. The molecule has 1 aromatic carbocycles. The van der Waals surface area contributed by atoms with Crippen LogP contribution in [0.1, 0.15) is 54.2 Å². The van der Waals surface area contributed by atoms with Gasteiger partial charge in [-0.05, 0) is 39.2 Å². The zero-order chi connectivity index (χ0) is 23.5. The highest BCUT2D eigenvalue weighted by atomic mass is 16.6.